The summed E-state index contributed by atoms with van der Waals surface area (Å²) in [4.78, 5) is 0. The van der Waals surface area contributed by atoms with Gasteiger partial charge < -0.3 is 5.32 Å². The third kappa shape index (κ3) is 2.03. The number of rotatable bonds is 1. The third-order valence-electron chi connectivity index (χ3n) is 2.11. The summed E-state index contributed by atoms with van der Waals surface area (Å²) in [6.45, 7) is 3.18. The second-order valence-corrected chi connectivity index (χ2v) is 4.84. The minimum atomic E-state index is -0.153. The van der Waals surface area contributed by atoms with E-state index in [1.807, 2.05) is 17.8 Å². The average molecular weight is 197 g/mol. The van der Waals surface area contributed by atoms with Crippen LogP contribution in [0.1, 0.15) is 17.9 Å². The van der Waals surface area contributed by atoms with Gasteiger partial charge in [-0.1, -0.05) is 19.1 Å². The summed E-state index contributed by atoms with van der Waals surface area (Å²) in [5.41, 5.74) is 1.04. The maximum absolute atomic E-state index is 12.9. The molecule has 0 aliphatic carbocycles. The maximum Gasteiger partial charge on any atom is 0.123 e. The van der Waals surface area contributed by atoms with Crippen molar-refractivity contribution in [2.75, 3.05) is 6.54 Å². The first kappa shape index (κ1) is 9.03. The summed E-state index contributed by atoms with van der Waals surface area (Å²) in [7, 11) is 0. The Bertz CT molecular complexity index is 303. The van der Waals surface area contributed by atoms with Crippen LogP contribution in [-0.2, 0) is 0 Å². The van der Waals surface area contributed by atoms with Crippen molar-refractivity contribution in [1.82, 2.24) is 5.32 Å². The number of hydrogen-bond acceptors (Lipinski definition) is 2. The van der Waals surface area contributed by atoms with Gasteiger partial charge in [0.25, 0.3) is 0 Å². The molecule has 0 radical (unpaired) electrons. The summed E-state index contributed by atoms with van der Waals surface area (Å²) in [5, 5.41) is 4.23. The van der Waals surface area contributed by atoms with E-state index in [-0.39, 0.29) is 11.2 Å². The van der Waals surface area contributed by atoms with E-state index in [4.69, 9.17) is 0 Å². The normalized spacial score (nSPS) is 27.8. The first-order chi connectivity index (χ1) is 6.25. The molecule has 0 amide bonds. The molecule has 2 unspecified atom stereocenters. The first-order valence-corrected chi connectivity index (χ1v) is 5.34. The van der Waals surface area contributed by atoms with E-state index < -0.39 is 0 Å². The Labute approximate surface area is 81.7 Å². The van der Waals surface area contributed by atoms with E-state index in [0.29, 0.717) is 5.25 Å². The Morgan fingerprint density at radius 2 is 2.38 bits per heavy atom. The minimum absolute atomic E-state index is 0.153. The van der Waals surface area contributed by atoms with Crippen molar-refractivity contribution in [1.29, 1.82) is 0 Å². The van der Waals surface area contributed by atoms with Gasteiger partial charge >= 0.3 is 0 Å². The van der Waals surface area contributed by atoms with Gasteiger partial charge in [-0.3, -0.25) is 0 Å². The highest BCUT2D eigenvalue weighted by Crippen LogP contribution is 2.34. The Hall–Kier alpha value is -0.540. The van der Waals surface area contributed by atoms with E-state index in [9.17, 15) is 4.39 Å². The summed E-state index contributed by atoms with van der Waals surface area (Å²) >= 11 is 1.85. The summed E-state index contributed by atoms with van der Waals surface area (Å²) in [6.07, 6.45) is 0. The molecule has 1 heterocycles. The molecule has 1 aromatic carbocycles. The fourth-order valence-corrected chi connectivity index (χ4v) is 2.62. The molecular weight excluding hydrogens is 185 g/mol. The van der Waals surface area contributed by atoms with Crippen molar-refractivity contribution < 1.29 is 4.39 Å². The van der Waals surface area contributed by atoms with Gasteiger partial charge in [0.15, 0.2) is 0 Å². The van der Waals surface area contributed by atoms with Gasteiger partial charge in [-0.15, -0.1) is 11.8 Å². The molecular formula is C10H12FNS. The van der Waals surface area contributed by atoms with E-state index >= 15 is 0 Å². The topological polar surface area (TPSA) is 12.0 Å². The summed E-state index contributed by atoms with van der Waals surface area (Å²) < 4.78 is 12.9. The molecule has 1 saturated heterocycles. The zero-order chi connectivity index (χ0) is 9.26. The van der Waals surface area contributed by atoms with Crippen molar-refractivity contribution in [2.24, 2.45) is 0 Å². The highest BCUT2D eigenvalue weighted by atomic mass is 32.2. The Morgan fingerprint density at radius 1 is 1.54 bits per heavy atom. The standard InChI is InChI=1S/C10H12FNS/c1-7-6-12-10(13-7)8-3-2-4-9(11)5-8/h2-5,7,10,12H,6H2,1H3. The lowest BCUT2D eigenvalue weighted by molar-refractivity contribution is 0.622. The Morgan fingerprint density at radius 3 is 3.00 bits per heavy atom. The lowest BCUT2D eigenvalue weighted by atomic mass is 10.2. The quantitative estimate of drug-likeness (QED) is 0.742. The molecule has 13 heavy (non-hydrogen) atoms. The smallest absolute Gasteiger partial charge is 0.123 e. The molecule has 1 nitrogen and oxygen atoms in total. The zero-order valence-corrected chi connectivity index (χ0v) is 8.27. The van der Waals surface area contributed by atoms with Crippen molar-refractivity contribution >= 4 is 11.8 Å². The highest BCUT2D eigenvalue weighted by molar-refractivity contribution is 8.00. The van der Waals surface area contributed by atoms with Crippen LogP contribution in [0, 0.1) is 5.82 Å². The third-order valence-corrected chi connectivity index (χ3v) is 3.45. The van der Waals surface area contributed by atoms with Crippen LogP contribution in [0.15, 0.2) is 24.3 Å². The molecule has 0 spiro atoms. The van der Waals surface area contributed by atoms with Crippen LogP contribution in [0.5, 0.6) is 0 Å². The van der Waals surface area contributed by atoms with Gasteiger partial charge in [-0.25, -0.2) is 4.39 Å². The summed E-state index contributed by atoms with van der Waals surface area (Å²) in [5.74, 6) is -0.153. The van der Waals surface area contributed by atoms with E-state index in [1.54, 1.807) is 12.1 Å². The molecule has 1 aromatic rings. The van der Waals surface area contributed by atoms with E-state index in [2.05, 4.69) is 12.2 Å². The van der Waals surface area contributed by atoms with Crippen LogP contribution in [0.2, 0.25) is 0 Å². The fraction of sp³-hybridized carbons (Fsp3) is 0.400. The predicted octanol–water partition coefficient (Wildman–Crippen LogP) is 2.55. The molecule has 3 heteroatoms. The van der Waals surface area contributed by atoms with Crippen molar-refractivity contribution in [3.8, 4) is 0 Å². The van der Waals surface area contributed by atoms with Gasteiger partial charge in [-0.05, 0) is 17.7 Å². The van der Waals surface area contributed by atoms with Crippen LogP contribution < -0.4 is 5.32 Å². The molecule has 0 saturated carbocycles. The van der Waals surface area contributed by atoms with E-state index in [0.717, 1.165) is 12.1 Å². The van der Waals surface area contributed by atoms with Crippen molar-refractivity contribution in [3.05, 3.63) is 35.6 Å². The second-order valence-electron chi connectivity index (χ2n) is 3.29. The van der Waals surface area contributed by atoms with E-state index in [1.165, 1.54) is 6.07 Å². The number of hydrogen-bond donors (Lipinski definition) is 1. The van der Waals surface area contributed by atoms with Crippen molar-refractivity contribution in [3.63, 3.8) is 0 Å². The van der Waals surface area contributed by atoms with Crippen LogP contribution in [0.4, 0.5) is 4.39 Å². The van der Waals surface area contributed by atoms with Gasteiger partial charge in [0.1, 0.15) is 5.82 Å². The summed E-state index contributed by atoms with van der Waals surface area (Å²) in [6, 6.07) is 6.80. The number of thioether (sulfide) groups is 1. The molecule has 1 fully saturated rings. The SMILES string of the molecule is CC1CNC(c2cccc(F)c2)S1. The number of nitrogens with one attached hydrogen (secondary N) is 1. The first-order valence-electron chi connectivity index (χ1n) is 4.40. The monoisotopic (exact) mass is 197 g/mol. The molecule has 0 aromatic heterocycles. The van der Waals surface area contributed by atoms with Crippen LogP contribution in [0.3, 0.4) is 0 Å². The number of halogens is 1. The van der Waals surface area contributed by atoms with Gasteiger partial charge in [0.2, 0.25) is 0 Å². The van der Waals surface area contributed by atoms with Gasteiger partial charge in [0.05, 0.1) is 5.37 Å². The minimum Gasteiger partial charge on any atom is -0.301 e. The lowest BCUT2D eigenvalue weighted by Crippen LogP contribution is -2.13. The molecule has 2 rings (SSSR count). The zero-order valence-electron chi connectivity index (χ0n) is 7.46. The van der Waals surface area contributed by atoms with Crippen LogP contribution in [0.25, 0.3) is 0 Å². The highest BCUT2D eigenvalue weighted by Gasteiger charge is 2.22. The van der Waals surface area contributed by atoms with Gasteiger partial charge in [0, 0.05) is 11.8 Å². The number of benzene rings is 1. The average Bonchev–Trinajstić information content (AvgIpc) is 2.52. The Kier molecular flexibility index (Phi) is 2.56. The van der Waals surface area contributed by atoms with Gasteiger partial charge in [-0.2, -0.15) is 0 Å². The molecule has 2 atom stereocenters. The van der Waals surface area contributed by atoms with Crippen LogP contribution in [-0.4, -0.2) is 11.8 Å². The molecule has 1 aliphatic heterocycles. The Balaban J connectivity index is 2.16. The molecule has 0 bridgehead atoms. The largest absolute Gasteiger partial charge is 0.301 e. The predicted molar refractivity (Wildman–Crippen MR) is 54.2 cm³/mol. The second kappa shape index (κ2) is 3.68. The molecule has 1 N–H and O–H groups in total. The molecule has 70 valence electrons. The molecule has 1 aliphatic rings. The maximum atomic E-state index is 12.9. The fourth-order valence-electron chi connectivity index (χ4n) is 1.47. The van der Waals surface area contributed by atoms with Crippen molar-refractivity contribution in [2.45, 2.75) is 17.5 Å². The lowest BCUT2D eigenvalue weighted by Gasteiger charge is -2.09. The van der Waals surface area contributed by atoms with Crippen LogP contribution >= 0.6 is 11.8 Å².